The number of ether oxygens (including phenoxy) is 1. The van der Waals surface area contributed by atoms with Crippen LogP contribution in [-0.4, -0.2) is 35.2 Å². The average Bonchev–Trinajstić information content (AvgIpc) is 2.77. The zero-order valence-electron chi connectivity index (χ0n) is 19.6. The highest BCUT2D eigenvalue weighted by Gasteiger charge is 2.28. The molecule has 0 atom stereocenters. The molecular weight excluding hydrogens is 398 g/mol. The number of methoxy groups -OCH3 is 1. The minimum atomic E-state index is -0.0915. The minimum Gasteiger partial charge on any atom is -0.467 e. The second-order valence-corrected chi connectivity index (χ2v) is 8.13. The molecule has 1 aromatic heterocycles. The number of anilines is 2. The molecule has 0 aliphatic heterocycles. The van der Waals surface area contributed by atoms with E-state index in [4.69, 9.17) is 4.74 Å². The first-order chi connectivity index (χ1) is 15.5. The SMILES string of the molecule is C=CCC(CC=C)(CC=C)CNc1nc(NCC(CC=C)(CC=C)CC=C)nc(OC)n1. The lowest BCUT2D eigenvalue weighted by atomic mass is 9.78. The van der Waals surface area contributed by atoms with E-state index >= 15 is 0 Å². The van der Waals surface area contributed by atoms with Crippen LogP contribution in [0.15, 0.2) is 75.9 Å². The molecule has 174 valence electrons. The Morgan fingerprint density at radius 3 is 1.19 bits per heavy atom. The molecule has 0 spiro atoms. The van der Waals surface area contributed by atoms with E-state index < -0.39 is 0 Å². The normalized spacial score (nSPS) is 11.2. The molecule has 32 heavy (non-hydrogen) atoms. The van der Waals surface area contributed by atoms with E-state index in [1.54, 1.807) is 0 Å². The van der Waals surface area contributed by atoms with Crippen molar-refractivity contribution >= 4 is 11.9 Å². The predicted molar refractivity (Wildman–Crippen MR) is 137 cm³/mol. The minimum absolute atomic E-state index is 0.0915. The number of aromatic nitrogens is 3. The lowest BCUT2D eigenvalue weighted by Crippen LogP contribution is -2.30. The van der Waals surface area contributed by atoms with E-state index in [9.17, 15) is 0 Å². The Labute approximate surface area is 194 Å². The molecule has 0 radical (unpaired) electrons. The molecule has 0 saturated carbocycles. The summed E-state index contributed by atoms with van der Waals surface area (Å²) in [5.74, 6) is 0.894. The smallest absolute Gasteiger partial charge is 0.322 e. The summed E-state index contributed by atoms with van der Waals surface area (Å²) in [4.78, 5) is 13.3. The summed E-state index contributed by atoms with van der Waals surface area (Å²) in [5, 5.41) is 6.71. The van der Waals surface area contributed by atoms with E-state index in [1.165, 1.54) is 7.11 Å². The van der Waals surface area contributed by atoms with Crippen molar-refractivity contribution in [2.45, 2.75) is 38.5 Å². The number of hydrogen-bond acceptors (Lipinski definition) is 6. The highest BCUT2D eigenvalue weighted by Crippen LogP contribution is 2.34. The van der Waals surface area contributed by atoms with Crippen LogP contribution >= 0.6 is 0 Å². The van der Waals surface area contributed by atoms with Gasteiger partial charge in [0.2, 0.25) is 11.9 Å². The summed E-state index contributed by atoms with van der Waals surface area (Å²) in [5.41, 5.74) is -0.183. The lowest BCUT2D eigenvalue weighted by Gasteiger charge is -2.32. The summed E-state index contributed by atoms with van der Waals surface area (Å²) in [6, 6.07) is 0.244. The van der Waals surface area contributed by atoms with Crippen LogP contribution in [0.3, 0.4) is 0 Å². The van der Waals surface area contributed by atoms with Crippen LogP contribution in [0.25, 0.3) is 0 Å². The second-order valence-electron chi connectivity index (χ2n) is 8.13. The van der Waals surface area contributed by atoms with Crippen LogP contribution in [0.4, 0.5) is 11.9 Å². The Morgan fingerprint density at radius 2 is 0.938 bits per heavy atom. The van der Waals surface area contributed by atoms with Crippen LogP contribution in [0.5, 0.6) is 6.01 Å². The highest BCUT2D eigenvalue weighted by atomic mass is 16.5. The Balaban J connectivity index is 3.09. The van der Waals surface area contributed by atoms with Gasteiger partial charge >= 0.3 is 6.01 Å². The maximum absolute atomic E-state index is 5.31. The zero-order valence-corrected chi connectivity index (χ0v) is 19.6. The topological polar surface area (TPSA) is 72.0 Å². The van der Waals surface area contributed by atoms with Crippen LogP contribution < -0.4 is 15.4 Å². The highest BCUT2D eigenvalue weighted by molar-refractivity contribution is 5.36. The van der Waals surface area contributed by atoms with Crippen molar-refractivity contribution in [2.24, 2.45) is 10.8 Å². The monoisotopic (exact) mass is 437 g/mol. The van der Waals surface area contributed by atoms with Gasteiger partial charge in [0.1, 0.15) is 0 Å². The molecule has 0 fully saturated rings. The molecule has 0 aliphatic carbocycles. The van der Waals surface area contributed by atoms with Crippen molar-refractivity contribution in [1.29, 1.82) is 0 Å². The third-order valence-electron chi connectivity index (χ3n) is 5.50. The van der Waals surface area contributed by atoms with Gasteiger partial charge in [-0.2, -0.15) is 15.0 Å². The molecular formula is C26H39N5O. The van der Waals surface area contributed by atoms with Gasteiger partial charge in [-0.15, -0.1) is 39.5 Å². The van der Waals surface area contributed by atoms with Gasteiger partial charge in [0.05, 0.1) is 7.11 Å². The first-order valence-electron chi connectivity index (χ1n) is 10.9. The van der Waals surface area contributed by atoms with Crippen molar-refractivity contribution < 1.29 is 4.74 Å². The Kier molecular flexibility index (Phi) is 11.8. The third kappa shape index (κ3) is 8.17. The van der Waals surface area contributed by atoms with Crippen molar-refractivity contribution in [3.05, 3.63) is 75.9 Å². The van der Waals surface area contributed by atoms with Gasteiger partial charge in [0.25, 0.3) is 0 Å². The Hall–Kier alpha value is -3.15. The standard InChI is InChI=1S/C26H39N5O/c1-8-14-25(15-9-2,16-10-3)20-27-22-29-23(31-24(30-22)32-7)28-21-26(17-11-4,18-12-5)19-13-6/h8-13H,1-6,14-21H2,7H3,(H2,27,28,29,30,31). The molecule has 1 rings (SSSR count). The summed E-state index contributed by atoms with van der Waals surface area (Å²) in [6.07, 6.45) is 16.5. The molecule has 2 N–H and O–H groups in total. The van der Waals surface area contributed by atoms with E-state index in [1.807, 2.05) is 36.5 Å². The maximum Gasteiger partial charge on any atom is 0.322 e. The molecule has 0 amide bonds. The Morgan fingerprint density at radius 1 is 0.625 bits per heavy atom. The second kappa shape index (κ2) is 14.0. The largest absolute Gasteiger partial charge is 0.467 e. The molecule has 0 aromatic carbocycles. The molecule has 0 unspecified atom stereocenters. The lowest BCUT2D eigenvalue weighted by molar-refractivity contribution is 0.318. The van der Waals surface area contributed by atoms with Gasteiger partial charge < -0.3 is 15.4 Å². The first kappa shape index (κ1) is 26.9. The average molecular weight is 438 g/mol. The van der Waals surface area contributed by atoms with Crippen molar-refractivity contribution in [3.63, 3.8) is 0 Å². The van der Waals surface area contributed by atoms with Gasteiger partial charge in [0.15, 0.2) is 0 Å². The van der Waals surface area contributed by atoms with Crippen molar-refractivity contribution in [1.82, 2.24) is 15.0 Å². The maximum atomic E-state index is 5.31. The van der Waals surface area contributed by atoms with Gasteiger partial charge in [-0.3, -0.25) is 0 Å². The molecule has 1 aromatic rings. The zero-order chi connectivity index (χ0) is 23.9. The first-order valence-corrected chi connectivity index (χ1v) is 10.9. The fourth-order valence-corrected chi connectivity index (χ4v) is 3.91. The van der Waals surface area contributed by atoms with Crippen molar-refractivity contribution in [2.75, 3.05) is 30.8 Å². The quantitative estimate of drug-likeness (QED) is 0.254. The van der Waals surface area contributed by atoms with Gasteiger partial charge in [-0.05, 0) is 49.4 Å². The summed E-state index contributed by atoms with van der Waals surface area (Å²) < 4.78 is 5.31. The summed E-state index contributed by atoms with van der Waals surface area (Å²) in [7, 11) is 1.54. The van der Waals surface area contributed by atoms with Crippen LogP contribution in [-0.2, 0) is 0 Å². The van der Waals surface area contributed by atoms with Gasteiger partial charge in [-0.25, -0.2) is 0 Å². The molecule has 0 bridgehead atoms. The number of allylic oxidation sites excluding steroid dienone is 6. The number of hydrogen-bond donors (Lipinski definition) is 2. The molecule has 0 aliphatic rings. The number of nitrogens with zero attached hydrogens (tertiary/aromatic N) is 3. The number of rotatable bonds is 19. The van der Waals surface area contributed by atoms with Crippen LogP contribution in [0.2, 0.25) is 0 Å². The number of nitrogens with one attached hydrogen (secondary N) is 2. The molecule has 6 heteroatoms. The van der Waals surface area contributed by atoms with E-state index in [2.05, 4.69) is 65.1 Å². The van der Waals surface area contributed by atoms with E-state index in [0.717, 1.165) is 38.5 Å². The molecule has 1 heterocycles. The van der Waals surface area contributed by atoms with E-state index in [-0.39, 0.29) is 16.8 Å². The molecule has 6 nitrogen and oxygen atoms in total. The fourth-order valence-electron chi connectivity index (χ4n) is 3.91. The van der Waals surface area contributed by atoms with Crippen molar-refractivity contribution in [3.8, 4) is 6.01 Å². The fraction of sp³-hybridized carbons (Fsp3) is 0.423. The van der Waals surface area contributed by atoms with Crippen LogP contribution in [0, 0.1) is 10.8 Å². The third-order valence-corrected chi connectivity index (χ3v) is 5.50. The summed E-state index contributed by atoms with van der Waals surface area (Å²) in [6.45, 7) is 24.7. The van der Waals surface area contributed by atoms with Gasteiger partial charge in [0, 0.05) is 13.1 Å². The van der Waals surface area contributed by atoms with Crippen LogP contribution in [0.1, 0.15) is 38.5 Å². The Bertz CT molecular complexity index is 673. The molecule has 0 saturated heterocycles. The van der Waals surface area contributed by atoms with Gasteiger partial charge in [-0.1, -0.05) is 36.5 Å². The van der Waals surface area contributed by atoms with E-state index in [0.29, 0.717) is 25.0 Å². The summed E-state index contributed by atoms with van der Waals surface area (Å²) >= 11 is 0. The predicted octanol–water partition coefficient (Wildman–Crippen LogP) is 6.13.